The Bertz CT molecular complexity index is 378. The molecule has 0 aliphatic heterocycles. The maximum Gasteiger partial charge on any atom is 0.161 e. The van der Waals surface area contributed by atoms with Gasteiger partial charge in [0.1, 0.15) is 6.61 Å². The van der Waals surface area contributed by atoms with Gasteiger partial charge in [-0.15, -0.1) is 12.4 Å². The Labute approximate surface area is 109 Å². The number of nitrogens with two attached hydrogens (primary N) is 1. The van der Waals surface area contributed by atoms with E-state index in [9.17, 15) is 0 Å². The average molecular weight is 258 g/mol. The summed E-state index contributed by atoms with van der Waals surface area (Å²) in [7, 11) is 0. The normalized spacial score (nSPS) is 15.9. The third-order valence-electron chi connectivity index (χ3n) is 2.81. The Balaban J connectivity index is 0.00000144. The molecular formula is C13H20ClNO2. The second kappa shape index (κ2) is 5.61. The molecule has 0 spiro atoms. The SMILES string of the molecule is CCOc1cc(C)ccc1OCC1(N)CC1.Cl. The molecule has 96 valence electrons. The highest BCUT2D eigenvalue weighted by molar-refractivity contribution is 5.85. The van der Waals surface area contributed by atoms with Gasteiger partial charge in [0.15, 0.2) is 11.5 Å². The largest absolute Gasteiger partial charge is 0.490 e. The summed E-state index contributed by atoms with van der Waals surface area (Å²) in [5.74, 6) is 1.61. The van der Waals surface area contributed by atoms with Crippen LogP contribution in [-0.4, -0.2) is 18.8 Å². The topological polar surface area (TPSA) is 44.5 Å². The summed E-state index contributed by atoms with van der Waals surface area (Å²) in [5, 5.41) is 0. The highest BCUT2D eigenvalue weighted by atomic mass is 35.5. The van der Waals surface area contributed by atoms with E-state index in [1.54, 1.807) is 0 Å². The van der Waals surface area contributed by atoms with E-state index in [1.165, 1.54) is 5.56 Å². The first-order valence-corrected chi connectivity index (χ1v) is 5.78. The molecule has 1 fully saturated rings. The molecule has 3 nitrogen and oxygen atoms in total. The van der Waals surface area contributed by atoms with Gasteiger partial charge < -0.3 is 15.2 Å². The van der Waals surface area contributed by atoms with Crippen LogP contribution in [0.1, 0.15) is 25.3 Å². The van der Waals surface area contributed by atoms with Crippen LogP contribution in [0.3, 0.4) is 0 Å². The Morgan fingerprint density at radius 1 is 1.24 bits per heavy atom. The first-order chi connectivity index (χ1) is 7.63. The molecule has 1 aliphatic carbocycles. The molecule has 0 atom stereocenters. The van der Waals surface area contributed by atoms with Crippen molar-refractivity contribution >= 4 is 12.4 Å². The van der Waals surface area contributed by atoms with Crippen LogP contribution < -0.4 is 15.2 Å². The fourth-order valence-electron chi connectivity index (χ4n) is 1.53. The van der Waals surface area contributed by atoms with E-state index in [0.29, 0.717) is 13.2 Å². The number of ether oxygens (including phenoxy) is 2. The summed E-state index contributed by atoms with van der Waals surface area (Å²) in [4.78, 5) is 0. The van der Waals surface area contributed by atoms with Crippen molar-refractivity contribution in [1.29, 1.82) is 0 Å². The summed E-state index contributed by atoms with van der Waals surface area (Å²) in [6, 6.07) is 5.97. The third kappa shape index (κ3) is 3.79. The summed E-state index contributed by atoms with van der Waals surface area (Å²) in [6.45, 7) is 5.23. The first kappa shape index (κ1) is 14.1. The molecule has 0 aromatic heterocycles. The zero-order chi connectivity index (χ0) is 11.6. The van der Waals surface area contributed by atoms with Gasteiger partial charge in [-0.3, -0.25) is 0 Å². The smallest absolute Gasteiger partial charge is 0.161 e. The van der Waals surface area contributed by atoms with Crippen molar-refractivity contribution in [2.24, 2.45) is 5.73 Å². The van der Waals surface area contributed by atoms with Gasteiger partial charge >= 0.3 is 0 Å². The Kier molecular flexibility index (Phi) is 4.66. The predicted octanol–water partition coefficient (Wildman–Crippen LogP) is 2.69. The number of rotatable bonds is 5. The van der Waals surface area contributed by atoms with Crippen LogP contribution in [0.25, 0.3) is 0 Å². The molecule has 1 aliphatic rings. The lowest BCUT2D eigenvalue weighted by Crippen LogP contribution is -2.29. The van der Waals surface area contributed by atoms with Crippen LogP contribution in [0.5, 0.6) is 11.5 Å². The molecule has 1 aromatic rings. The molecule has 2 N–H and O–H groups in total. The van der Waals surface area contributed by atoms with Crippen LogP contribution in [0, 0.1) is 6.92 Å². The molecular weight excluding hydrogens is 238 g/mol. The fourth-order valence-corrected chi connectivity index (χ4v) is 1.53. The number of aryl methyl sites for hydroxylation is 1. The highest BCUT2D eigenvalue weighted by Gasteiger charge is 2.39. The van der Waals surface area contributed by atoms with E-state index < -0.39 is 0 Å². The lowest BCUT2D eigenvalue weighted by atomic mass is 10.2. The van der Waals surface area contributed by atoms with E-state index in [2.05, 4.69) is 0 Å². The zero-order valence-electron chi connectivity index (χ0n) is 10.4. The van der Waals surface area contributed by atoms with Crippen LogP contribution >= 0.6 is 12.4 Å². The van der Waals surface area contributed by atoms with E-state index in [1.807, 2.05) is 32.0 Å². The lowest BCUT2D eigenvalue weighted by molar-refractivity contribution is 0.254. The molecule has 0 saturated heterocycles. The fraction of sp³-hybridized carbons (Fsp3) is 0.538. The molecule has 0 heterocycles. The second-order valence-electron chi connectivity index (χ2n) is 4.53. The predicted molar refractivity (Wildman–Crippen MR) is 71.2 cm³/mol. The summed E-state index contributed by atoms with van der Waals surface area (Å²) >= 11 is 0. The third-order valence-corrected chi connectivity index (χ3v) is 2.81. The molecule has 0 bridgehead atoms. The molecule has 1 aromatic carbocycles. The molecule has 0 radical (unpaired) electrons. The summed E-state index contributed by atoms with van der Waals surface area (Å²) < 4.78 is 11.3. The van der Waals surface area contributed by atoms with E-state index in [4.69, 9.17) is 15.2 Å². The maximum atomic E-state index is 5.98. The number of hydrogen-bond acceptors (Lipinski definition) is 3. The maximum absolute atomic E-state index is 5.98. The van der Waals surface area contributed by atoms with Gasteiger partial charge in [-0.2, -0.15) is 0 Å². The highest BCUT2D eigenvalue weighted by Crippen LogP contribution is 2.35. The summed E-state index contributed by atoms with van der Waals surface area (Å²) in [6.07, 6.45) is 2.12. The van der Waals surface area contributed by atoms with Crippen LogP contribution in [-0.2, 0) is 0 Å². The van der Waals surface area contributed by atoms with Crippen LogP contribution in [0.2, 0.25) is 0 Å². The van der Waals surface area contributed by atoms with Crippen LogP contribution in [0.4, 0.5) is 0 Å². The van der Waals surface area contributed by atoms with E-state index >= 15 is 0 Å². The minimum atomic E-state index is -0.0889. The van der Waals surface area contributed by atoms with Crippen molar-refractivity contribution in [3.05, 3.63) is 23.8 Å². The summed E-state index contributed by atoms with van der Waals surface area (Å²) in [5.41, 5.74) is 7.06. The minimum absolute atomic E-state index is 0. The standard InChI is InChI=1S/C13H19NO2.ClH/c1-3-15-12-8-10(2)4-5-11(12)16-9-13(14)6-7-13;/h4-5,8H,3,6-7,9,14H2,1-2H3;1H. The number of benzene rings is 1. The molecule has 1 saturated carbocycles. The van der Waals surface area contributed by atoms with Gasteiger partial charge in [0.25, 0.3) is 0 Å². The van der Waals surface area contributed by atoms with Gasteiger partial charge in [0.2, 0.25) is 0 Å². The van der Waals surface area contributed by atoms with E-state index in [-0.39, 0.29) is 17.9 Å². The molecule has 0 unspecified atom stereocenters. The average Bonchev–Trinajstić information content (AvgIpc) is 2.96. The number of halogens is 1. The van der Waals surface area contributed by atoms with Crippen molar-refractivity contribution in [3.63, 3.8) is 0 Å². The van der Waals surface area contributed by atoms with Crippen LogP contribution in [0.15, 0.2) is 18.2 Å². The Morgan fingerprint density at radius 2 is 1.94 bits per heavy atom. The first-order valence-electron chi connectivity index (χ1n) is 5.78. The Hall–Kier alpha value is -0.930. The second-order valence-corrected chi connectivity index (χ2v) is 4.53. The zero-order valence-corrected chi connectivity index (χ0v) is 11.2. The van der Waals surface area contributed by atoms with Crippen molar-refractivity contribution < 1.29 is 9.47 Å². The minimum Gasteiger partial charge on any atom is -0.490 e. The van der Waals surface area contributed by atoms with E-state index in [0.717, 1.165) is 24.3 Å². The van der Waals surface area contributed by atoms with Crippen molar-refractivity contribution in [3.8, 4) is 11.5 Å². The quantitative estimate of drug-likeness (QED) is 0.882. The van der Waals surface area contributed by atoms with Gasteiger partial charge in [-0.25, -0.2) is 0 Å². The van der Waals surface area contributed by atoms with Crippen molar-refractivity contribution in [2.75, 3.05) is 13.2 Å². The molecule has 0 amide bonds. The van der Waals surface area contributed by atoms with Gasteiger partial charge in [-0.05, 0) is 44.4 Å². The van der Waals surface area contributed by atoms with Gasteiger partial charge in [0.05, 0.1) is 12.1 Å². The number of hydrogen-bond donors (Lipinski definition) is 1. The monoisotopic (exact) mass is 257 g/mol. The lowest BCUT2D eigenvalue weighted by Gasteiger charge is -2.15. The molecule has 4 heteroatoms. The van der Waals surface area contributed by atoms with Crippen molar-refractivity contribution in [2.45, 2.75) is 32.2 Å². The Morgan fingerprint density at radius 3 is 2.53 bits per heavy atom. The van der Waals surface area contributed by atoms with Crippen molar-refractivity contribution in [1.82, 2.24) is 0 Å². The van der Waals surface area contributed by atoms with Gasteiger partial charge in [-0.1, -0.05) is 6.07 Å². The molecule has 2 rings (SSSR count). The van der Waals surface area contributed by atoms with Gasteiger partial charge in [0, 0.05) is 0 Å². The molecule has 17 heavy (non-hydrogen) atoms.